The van der Waals surface area contributed by atoms with E-state index < -0.39 is 11.7 Å². The summed E-state index contributed by atoms with van der Waals surface area (Å²) in [6.45, 7) is 4.69. The van der Waals surface area contributed by atoms with E-state index in [0.717, 1.165) is 16.8 Å². The van der Waals surface area contributed by atoms with Crippen molar-refractivity contribution in [2.24, 2.45) is 5.73 Å². The van der Waals surface area contributed by atoms with E-state index in [0.29, 0.717) is 18.9 Å². The van der Waals surface area contributed by atoms with Gasteiger partial charge < -0.3 is 10.6 Å². The van der Waals surface area contributed by atoms with Crippen LogP contribution in [0.25, 0.3) is 0 Å². The maximum Gasteiger partial charge on any atom is 0.412 e. The molecule has 0 saturated carbocycles. The monoisotopic (exact) mass is 285 g/mol. The van der Waals surface area contributed by atoms with Crippen LogP contribution in [-0.4, -0.2) is 24.2 Å². The van der Waals surface area contributed by atoms with E-state index in [2.05, 4.69) is 4.98 Å². The highest BCUT2D eigenvalue weighted by molar-refractivity contribution is 5.53. The number of anilines is 1. The zero-order chi connectivity index (χ0) is 14.9. The fraction of sp³-hybridized carbons (Fsp3) is 0.500. The highest BCUT2D eigenvalue weighted by Crippen LogP contribution is 2.32. The smallest absolute Gasteiger partial charge is 0.352 e. The Morgan fingerprint density at radius 3 is 2.55 bits per heavy atom. The normalized spacial score (nSPS) is 16.3. The van der Waals surface area contributed by atoms with E-state index in [4.69, 9.17) is 5.73 Å². The van der Waals surface area contributed by atoms with Crippen LogP contribution in [0, 0.1) is 13.8 Å². The fourth-order valence-electron chi connectivity index (χ4n) is 2.48. The van der Waals surface area contributed by atoms with Gasteiger partial charge in [0.05, 0.1) is 0 Å². The first kappa shape index (κ1) is 14.8. The number of halogens is 3. The Morgan fingerprint density at radius 2 is 2.05 bits per heavy atom. The lowest BCUT2D eigenvalue weighted by atomic mass is 10.1. The number of nitrogens with two attached hydrogens (primary N) is 1. The quantitative estimate of drug-likeness (QED) is 0.850. The predicted molar refractivity (Wildman–Crippen MR) is 72.6 cm³/mol. The van der Waals surface area contributed by atoms with E-state index >= 15 is 0 Å². The number of aryl methyl sites for hydroxylation is 2. The molecule has 0 aromatic carbocycles. The molecule has 0 spiro atoms. The number of hydrogen-bond donors (Lipinski definition) is 1. The Morgan fingerprint density at radius 1 is 1.35 bits per heavy atom. The largest absolute Gasteiger partial charge is 0.412 e. The van der Waals surface area contributed by atoms with Gasteiger partial charge in [0.1, 0.15) is 5.82 Å². The van der Waals surface area contributed by atoms with Crippen LogP contribution < -0.4 is 10.6 Å². The molecule has 20 heavy (non-hydrogen) atoms. The molecule has 2 N–H and O–H groups in total. The van der Waals surface area contributed by atoms with Crippen LogP contribution in [0.2, 0.25) is 0 Å². The Balaban J connectivity index is 2.29. The summed E-state index contributed by atoms with van der Waals surface area (Å²) < 4.78 is 37.9. The van der Waals surface area contributed by atoms with Gasteiger partial charge in [0, 0.05) is 36.5 Å². The number of nitrogens with zero attached hydrogens (tertiary/aromatic N) is 2. The predicted octanol–water partition coefficient (Wildman–Crippen LogP) is 2.86. The van der Waals surface area contributed by atoms with Gasteiger partial charge in [-0.25, -0.2) is 4.98 Å². The van der Waals surface area contributed by atoms with Crippen molar-refractivity contribution in [1.82, 2.24) is 4.98 Å². The third kappa shape index (κ3) is 2.95. The molecule has 0 radical (unpaired) electrons. The molecule has 3 nitrogen and oxygen atoms in total. The van der Waals surface area contributed by atoms with Gasteiger partial charge in [0.2, 0.25) is 0 Å². The van der Waals surface area contributed by atoms with Crippen molar-refractivity contribution < 1.29 is 13.2 Å². The Bertz CT molecular complexity index is 535. The minimum absolute atomic E-state index is 0.0117. The van der Waals surface area contributed by atoms with Crippen LogP contribution >= 0.6 is 0 Å². The van der Waals surface area contributed by atoms with Crippen molar-refractivity contribution in [3.05, 3.63) is 34.5 Å². The number of pyridine rings is 1. The van der Waals surface area contributed by atoms with Gasteiger partial charge in [-0.2, -0.15) is 13.2 Å². The average molecular weight is 285 g/mol. The third-order valence-corrected chi connectivity index (χ3v) is 3.53. The van der Waals surface area contributed by atoms with Crippen molar-refractivity contribution in [2.75, 3.05) is 18.0 Å². The summed E-state index contributed by atoms with van der Waals surface area (Å²) in [5.41, 5.74) is 8.07. The van der Waals surface area contributed by atoms with Crippen molar-refractivity contribution in [1.29, 1.82) is 0 Å². The van der Waals surface area contributed by atoms with Gasteiger partial charge in [0.25, 0.3) is 0 Å². The summed E-state index contributed by atoms with van der Waals surface area (Å²) in [6, 6.07) is 1.94. The lowest BCUT2D eigenvalue weighted by Gasteiger charge is -2.30. The Labute approximate surface area is 116 Å². The van der Waals surface area contributed by atoms with Gasteiger partial charge in [-0.1, -0.05) is 6.08 Å². The highest BCUT2D eigenvalue weighted by atomic mass is 19.4. The Hall–Kier alpha value is -1.56. The van der Waals surface area contributed by atoms with E-state index in [1.54, 1.807) is 0 Å². The third-order valence-electron chi connectivity index (χ3n) is 3.53. The van der Waals surface area contributed by atoms with Crippen molar-refractivity contribution in [3.8, 4) is 0 Å². The summed E-state index contributed by atoms with van der Waals surface area (Å²) in [6.07, 6.45) is -3.00. The van der Waals surface area contributed by atoms with E-state index in [9.17, 15) is 13.2 Å². The molecule has 1 aliphatic rings. The van der Waals surface area contributed by atoms with Gasteiger partial charge in [-0.3, -0.25) is 0 Å². The summed E-state index contributed by atoms with van der Waals surface area (Å²) in [7, 11) is 0. The van der Waals surface area contributed by atoms with Crippen molar-refractivity contribution >= 4 is 5.82 Å². The standard InChI is InChI=1S/C14H18F3N3/c1-9-7-10(2)19-13(12(9)8-18)20-5-3-11(4-6-20)14(15,16)17/h3,7H,4-6,8,18H2,1-2H3. The van der Waals surface area contributed by atoms with Gasteiger partial charge >= 0.3 is 6.18 Å². The van der Waals surface area contributed by atoms with Crippen LogP contribution in [0.4, 0.5) is 19.0 Å². The van der Waals surface area contributed by atoms with E-state index in [-0.39, 0.29) is 13.0 Å². The highest BCUT2D eigenvalue weighted by Gasteiger charge is 2.35. The summed E-state index contributed by atoms with van der Waals surface area (Å²) in [5.74, 6) is 0.711. The molecule has 2 heterocycles. The first-order valence-electron chi connectivity index (χ1n) is 6.51. The first-order chi connectivity index (χ1) is 9.32. The van der Waals surface area contributed by atoms with Crippen LogP contribution in [0.15, 0.2) is 17.7 Å². The van der Waals surface area contributed by atoms with Crippen LogP contribution in [-0.2, 0) is 6.54 Å². The second-order valence-electron chi connectivity index (χ2n) is 5.01. The Kier molecular flexibility index (Phi) is 4.04. The molecule has 0 atom stereocenters. The molecule has 0 amide bonds. The molecule has 1 aromatic rings. The molecule has 2 rings (SSSR count). The number of hydrogen-bond acceptors (Lipinski definition) is 3. The summed E-state index contributed by atoms with van der Waals surface area (Å²) >= 11 is 0. The van der Waals surface area contributed by atoms with Gasteiger partial charge in [-0.15, -0.1) is 0 Å². The minimum atomic E-state index is -4.22. The molecule has 0 fully saturated rings. The molecule has 0 saturated heterocycles. The lowest BCUT2D eigenvalue weighted by molar-refractivity contribution is -0.0944. The molecular weight excluding hydrogens is 267 g/mol. The summed E-state index contributed by atoms with van der Waals surface area (Å²) in [4.78, 5) is 6.31. The van der Waals surface area contributed by atoms with E-state index in [1.807, 2.05) is 24.8 Å². The minimum Gasteiger partial charge on any atom is -0.352 e. The molecule has 0 aliphatic carbocycles. The molecule has 1 aliphatic heterocycles. The zero-order valence-electron chi connectivity index (χ0n) is 11.6. The van der Waals surface area contributed by atoms with Crippen LogP contribution in [0.1, 0.15) is 23.2 Å². The molecule has 1 aromatic heterocycles. The number of rotatable bonds is 2. The second kappa shape index (κ2) is 5.44. The molecule has 110 valence electrons. The van der Waals surface area contributed by atoms with Crippen molar-refractivity contribution in [2.45, 2.75) is 33.0 Å². The second-order valence-corrected chi connectivity index (χ2v) is 5.01. The van der Waals surface area contributed by atoms with Crippen LogP contribution in [0.3, 0.4) is 0 Å². The molecular formula is C14H18F3N3. The lowest BCUT2D eigenvalue weighted by Crippen LogP contribution is -2.33. The van der Waals surface area contributed by atoms with Gasteiger partial charge in [0.15, 0.2) is 0 Å². The molecule has 0 unspecified atom stereocenters. The first-order valence-corrected chi connectivity index (χ1v) is 6.51. The fourth-order valence-corrected chi connectivity index (χ4v) is 2.48. The molecule has 6 heteroatoms. The van der Waals surface area contributed by atoms with Crippen molar-refractivity contribution in [3.63, 3.8) is 0 Å². The van der Waals surface area contributed by atoms with E-state index in [1.165, 1.54) is 6.08 Å². The van der Waals surface area contributed by atoms with Crippen LogP contribution in [0.5, 0.6) is 0 Å². The SMILES string of the molecule is Cc1cc(C)c(CN)c(N2CC=C(C(F)(F)F)CC2)n1. The maximum atomic E-state index is 12.6. The maximum absolute atomic E-state index is 12.6. The topological polar surface area (TPSA) is 42.1 Å². The summed E-state index contributed by atoms with van der Waals surface area (Å²) in [5, 5.41) is 0. The number of aromatic nitrogens is 1. The average Bonchev–Trinajstić information content (AvgIpc) is 2.37. The van der Waals surface area contributed by atoms with Gasteiger partial charge in [-0.05, 0) is 31.9 Å². The number of alkyl halides is 3. The zero-order valence-corrected chi connectivity index (χ0v) is 11.6. The molecule has 0 bridgehead atoms.